The minimum absolute atomic E-state index is 0.278. The molecule has 0 aliphatic carbocycles. The lowest BCUT2D eigenvalue weighted by molar-refractivity contribution is -0.128. The van der Waals surface area contributed by atoms with E-state index >= 15 is 0 Å². The number of ether oxygens (including phenoxy) is 3. The summed E-state index contributed by atoms with van der Waals surface area (Å²) in [4.78, 5) is 14.1. The maximum atomic E-state index is 9.97. The van der Waals surface area contributed by atoms with E-state index in [0.717, 1.165) is 0 Å². The van der Waals surface area contributed by atoms with Gasteiger partial charge in [-0.05, 0) is 0 Å². The van der Waals surface area contributed by atoms with E-state index in [4.69, 9.17) is 9.47 Å². The Balaban J connectivity index is 2.81. The van der Waals surface area contributed by atoms with Gasteiger partial charge < -0.3 is 14.2 Å². The Hall–Kier alpha value is -1.78. The van der Waals surface area contributed by atoms with Crippen molar-refractivity contribution in [2.45, 2.75) is 6.42 Å². The zero-order valence-electron chi connectivity index (χ0n) is 8.73. The van der Waals surface area contributed by atoms with Crippen molar-refractivity contribution in [3.8, 4) is 11.5 Å². The number of nitrogens with zero attached hydrogens (tertiary/aromatic N) is 1. The number of hydrogen-bond acceptors (Lipinski definition) is 5. The highest BCUT2D eigenvalue weighted by Gasteiger charge is 2.10. The molecular formula is C10H13NO4. The van der Waals surface area contributed by atoms with Gasteiger partial charge in [0, 0.05) is 18.7 Å². The van der Waals surface area contributed by atoms with Crippen molar-refractivity contribution in [1.82, 2.24) is 4.98 Å². The number of hydrogen-bond donors (Lipinski definition) is 0. The Kier molecular flexibility index (Phi) is 4.40. The molecule has 82 valence electrons. The molecule has 0 amide bonds. The highest BCUT2D eigenvalue weighted by molar-refractivity contribution is 5.43. The maximum Gasteiger partial charge on any atom is 0.293 e. The molecule has 0 saturated carbocycles. The van der Waals surface area contributed by atoms with Gasteiger partial charge in [0.15, 0.2) is 11.5 Å². The molecule has 1 heterocycles. The third-order valence-electron chi connectivity index (χ3n) is 1.89. The van der Waals surface area contributed by atoms with Crippen molar-refractivity contribution in [2.24, 2.45) is 0 Å². The monoisotopic (exact) mass is 211 g/mol. The lowest BCUT2D eigenvalue weighted by Gasteiger charge is -2.10. The summed E-state index contributed by atoms with van der Waals surface area (Å²) < 4.78 is 14.9. The number of carbonyl (C=O) groups excluding carboxylic acids is 1. The molecule has 1 aromatic heterocycles. The smallest absolute Gasteiger partial charge is 0.293 e. The fourth-order valence-corrected chi connectivity index (χ4v) is 1.23. The molecule has 0 radical (unpaired) electrons. The van der Waals surface area contributed by atoms with Gasteiger partial charge in [0.1, 0.15) is 0 Å². The topological polar surface area (TPSA) is 57.7 Å². The molecule has 0 bridgehead atoms. The Morgan fingerprint density at radius 1 is 1.40 bits per heavy atom. The molecule has 5 heteroatoms. The maximum absolute atomic E-state index is 9.97. The molecule has 0 aliphatic rings. The second-order valence-corrected chi connectivity index (χ2v) is 2.71. The SMILES string of the molecule is COc1ccnc(CCOC=O)c1OC. The Morgan fingerprint density at radius 2 is 2.20 bits per heavy atom. The fourth-order valence-electron chi connectivity index (χ4n) is 1.23. The van der Waals surface area contributed by atoms with Crippen LogP contribution in [0.4, 0.5) is 0 Å². The van der Waals surface area contributed by atoms with Crippen LogP contribution in [0.2, 0.25) is 0 Å². The average molecular weight is 211 g/mol. The highest BCUT2D eigenvalue weighted by Crippen LogP contribution is 2.28. The van der Waals surface area contributed by atoms with Crippen molar-refractivity contribution in [3.05, 3.63) is 18.0 Å². The minimum Gasteiger partial charge on any atom is -0.493 e. The molecular weight excluding hydrogens is 198 g/mol. The van der Waals surface area contributed by atoms with Crippen LogP contribution < -0.4 is 9.47 Å². The largest absolute Gasteiger partial charge is 0.493 e. The van der Waals surface area contributed by atoms with E-state index in [1.807, 2.05) is 0 Å². The highest BCUT2D eigenvalue weighted by atomic mass is 16.5. The molecule has 5 nitrogen and oxygen atoms in total. The van der Waals surface area contributed by atoms with E-state index in [2.05, 4.69) is 9.72 Å². The van der Waals surface area contributed by atoms with E-state index in [0.29, 0.717) is 30.1 Å². The molecule has 0 fully saturated rings. The van der Waals surface area contributed by atoms with E-state index < -0.39 is 0 Å². The van der Waals surface area contributed by atoms with Crippen LogP contribution in [0.25, 0.3) is 0 Å². The summed E-state index contributed by atoms with van der Waals surface area (Å²) in [6.45, 7) is 0.687. The third kappa shape index (κ3) is 2.83. The zero-order valence-corrected chi connectivity index (χ0v) is 8.73. The molecule has 0 atom stereocenters. The molecule has 0 N–H and O–H groups in total. The van der Waals surface area contributed by atoms with Gasteiger partial charge in [-0.3, -0.25) is 9.78 Å². The molecule has 15 heavy (non-hydrogen) atoms. The third-order valence-corrected chi connectivity index (χ3v) is 1.89. The zero-order chi connectivity index (χ0) is 11.1. The Morgan fingerprint density at radius 3 is 2.80 bits per heavy atom. The lowest BCUT2D eigenvalue weighted by Crippen LogP contribution is -2.03. The summed E-state index contributed by atoms with van der Waals surface area (Å²) in [6, 6.07) is 1.71. The van der Waals surface area contributed by atoms with Crippen LogP contribution in [0, 0.1) is 0 Å². The van der Waals surface area contributed by atoms with Crippen LogP contribution in [0.15, 0.2) is 12.3 Å². The van der Waals surface area contributed by atoms with Crippen molar-refractivity contribution in [2.75, 3.05) is 20.8 Å². The molecule has 1 aromatic rings. The van der Waals surface area contributed by atoms with Crippen LogP contribution >= 0.6 is 0 Å². The number of rotatable bonds is 6. The van der Waals surface area contributed by atoms with Gasteiger partial charge in [0.05, 0.1) is 26.5 Å². The Labute approximate surface area is 88.0 Å². The van der Waals surface area contributed by atoms with Gasteiger partial charge in [-0.1, -0.05) is 0 Å². The second-order valence-electron chi connectivity index (χ2n) is 2.71. The van der Waals surface area contributed by atoms with Crippen molar-refractivity contribution < 1.29 is 19.0 Å². The van der Waals surface area contributed by atoms with Crippen molar-refractivity contribution in [3.63, 3.8) is 0 Å². The van der Waals surface area contributed by atoms with E-state index in [-0.39, 0.29) is 6.61 Å². The first kappa shape index (κ1) is 11.3. The molecule has 0 saturated heterocycles. The first-order valence-corrected chi connectivity index (χ1v) is 4.44. The van der Waals surface area contributed by atoms with Gasteiger partial charge in [-0.2, -0.15) is 0 Å². The van der Waals surface area contributed by atoms with Crippen LogP contribution in [-0.2, 0) is 16.0 Å². The number of methoxy groups -OCH3 is 2. The standard InChI is InChI=1S/C10H13NO4/c1-13-9-3-5-11-8(10(9)14-2)4-6-15-7-12/h3,5,7H,4,6H2,1-2H3. The lowest BCUT2D eigenvalue weighted by atomic mass is 10.2. The predicted octanol–water partition coefficient (Wildman–Crippen LogP) is 0.814. The molecule has 0 aliphatic heterocycles. The van der Waals surface area contributed by atoms with E-state index in [1.165, 1.54) is 0 Å². The normalized spacial score (nSPS) is 9.47. The van der Waals surface area contributed by atoms with Gasteiger partial charge in [0.2, 0.25) is 0 Å². The van der Waals surface area contributed by atoms with Gasteiger partial charge >= 0.3 is 0 Å². The average Bonchev–Trinajstić information content (AvgIpc) is 2.29. The Bertz CT molecular complexity index is 327. The second kappa shape index (κ2) is 5.85. The number of aromatic nitrogens is 1. The van der Waals surface area contributed by atoms with Crippen LogP contribution in [0.5, 0.6) is 11.5 Å². The van der Waals surface area contributed by atoms with Gasteiger partial charge in [-0.15, -0.1) is 0 Å². The summed E-state index contributed by atoms with van der Waals surface area (Å²) in [6.07, 6.45) is 2.12. The van der Waals surface area contributed by atoms with Crippen molar-refractivity contribution >= 4 is 6.47 Å². The van der Waals surface area contributed by atoms with Crippen LogP contribution in [0.1, 0.15) is 5.69 Å². The summed E-state index contributed by atoms with van der Waals surface area (Å²) in [5, 5.41) is 0. The van der Waals surface area contributed by atoms with E-state index in [1.54, 1.807) is 26.5 Å². The quantitative estimate of drug-likeness (QED) is 0.515. The number of carbonyl (C=O) groups is 1. The summed E-state index contributed by atoms with van der Waals surface area (Å²) in [5.74, 6) is 1.20. The summed E-state index contributed by atoms with van der Waals surface area (Å²) in [7, 11) is 3.10. The molecule has 0 aromatic carbocycles. The predicted molar refractivity (Wildman–Crippen MR) is 53.1 cm³/mol. The van der Waals surface area contributed by atoms with Crippen molar-refractivity contribution in [1.29, 1.82) is 0 Å². The van der Waals surface area contributed by atoms with Crippen LogP contribution in [-0.4, -0.2) is 32.3 Å². The van der Waals surface area contributed by atoms with E-state index in [9.17, 15) is 4.79 Å². The molecule has 0 spiro atoms. The molecule has 1 rings (SSSR count). The van der Waals surface area contributed by atoms with Gasteiger partial charge in [-0.25, -0.2) is 0 Å². The van der Waals surface area contributed by atoms with Crippen LogP contribution in [0.3, 0.4) is 0 Å². The van der Waals surface area contributed by atoms with Gasteiger partial charge in [0.25, 0.3) is 6.47 Å². The summed E-state index contributed by atoms with van der Waals surface area (Å²) in [5.41, 5.74) is 0.707. The number of pyridine rings is 1. The molecule has 0 unspecified atom stereocenters. The fraction of sp³-hybridized carbons (Fsp3) is 0.400. The first-order chi connectivity index (χ1) is 7.33. The first-order valence-electron chi connectivity index (χ1n) is 4.44. The summed E-state index contributed by atoms with van der Waals surface area (Å²) >= 11 is 0. The minimum atomic E-state index is 0.278.